The van der Waals surface area contributed by atoms with Gasteiger partial charge in [0.2, 0.25) is 11.8 Å². The fraction of sp³-hybridized carbons (Fsp3) is 0.423. The first-order valence-corrected chi connectivity index (χ1v) is 12.4. The minimum atomic E-state index is -0.679. The Bertz CT molecular complexity index is 1130. The van der Waals surface area contributed by atoms with Crippen molar-refractivity contribution in [1.29, 1.82) is 0 Å². The van der Waals surface area contributed by atoms with Crippen LogP contribution >= 0.6 is 11.6 Å². The van der Waals surface area contributed by atoms with Crippen LogP contribution in [0.3, 0.4) is 0 Å². The lowest BCUT2D eigenvalue weighted by Crippen LogP contribution is -2.76. The molecule has 3 atom stereocenters. The molecular weight excluding hydrogens is 485 g/mol. The lowest BCUT2D eigenvalue weighted by molar-refractivity contribution is -0.190. The lowest BCUT2D eigenvalue weighted by atomic mass is 9.92. The van der Waals surface area contributed by atoms with Crippen molar-refractivity contribution in [2.75, 3.05) is 20.1 Å². The van der Waals surface area contributed by atoms with Gasteiger partial charge in [0.1, 0.15) is 18.0 Å². The molecule has 1 unspecified atom stereocenters. The smallest absolute Gasteiger partial charge is 0.333 e. The van der Waals surface area contributed by atoms with Gasteiger partial charge in [0, 0.05) is 25.2 Å². The molecule has 192 valence electrons. The highest BCUT2D eigenvalue weighted by molar-refractivity contribution is 6.30. The second-order valence-corrected chi connectivity index (χ2v) is 9.84. The molecule has 2 fully saturated rings. The predicted octanol–water partition coefficient (Wildman–Crippen LogP) is 3.46. The monoisotopic (exact) mass is 515 g/mol. The standard InChI is InChI=1S/C26H31ClFN5O3/c1-4-17(2)24-25(35)31(14-19-6-5-7-20(27)12-19)15-22-32(24)23(34)16-30(3)33(22)26(36)29-13-18-8-10-21(28)11-9-18/h5-12,17,22,24H,4,13-16H2,1-3H3,(H,29,36)/t17?,22-,24-/m0/s1. The average Bonchev–Trinajstić information content (AvgIpc) is 2.84. The highest BCUT2D eigenvalue weighted by Gasteiger charge is 2.51. The summed E-state index contributed by atoms with van der Waals surface area (Å²) >= 11 is 6.16. The molecule has 4 rings (SSSR count). The molecule has 4 amide bonds. The second kappa shape index (κ2) is 10.8. The van der Waals surface area contributed by atoms with Crippen molar-refractivity contribution in [3.8, 4) is 0 Å². The van der Waals surface area contributed by atoms with E-state index in [1.54, 1.807) is 40.1 Å². The number of nitrogens with one attached hydrogen (secondary N) is 1. The van der Waals surface area contributed by atoms with Crippen LogP contribution in [0.5, 0.6) is 0 Å². The molecule has 2 aromatic rings. The molecule has 0 aliphatic carbocycles. The Labute approximate surface area is 215 Å². The summed E-state index contributed by atoms with van der Waals surface area (Å²) in [7, 11) is 1.68. The maximum atomic E-state index is 13.6. The van der Waals surface area contributed by atoms with Crippen molar-refractivity contribution in [1.82, 2.24) is 25.1 Å². The van der Waals surface area contributed by atoms with Crippen LogP contribution in [0.25, 0.3) is 0 Å². The number of hydrazine groups is 1. The van der Waals surface area contributed by atoms with Gasteiger partial charge in [0.15, 0.2) is 0 Å². The lowest BCUT2D eigenvalue weighted by Gasteiger charge is -2.55. The summed E-state index contributed by atoms with van der Waals surface area (Å²) in [6.07, 6.45) is 0.0326. The van der Waals surface area contributed by atoms with E-state index in [2.05, 4.69) is 5.32 Å². The Morgan fingerprint density at radius 3 is 2.56 bits per heavy atom. The van der Waals surface area contributed by atoms with Gasteiger partial charge >= 0.3 is 6.03 Å². The fourth-order valence-corrected chi connectivity index (χ4v) is 5.07. The quantitative estimate of drug-likeness (QED) is 0.639. The molecule has 0 bridgehead atoms. The first-order valence-electron chi connectivity index (χ1n) is 12.1. The third kappa shape index (κ3) is 5.32. The van der Waals surface area contributed by atoms with Crippen LogP contribution in [0.4, 0.5) is 9.18 Å². The second-order valence-electron chi connectivity index (χ2n) is 9.41. The van der Waals surface area contributed by atoms with E-state index in [4.69, 9.17) is 11.6 Å². The number of hydrogen-bond acceptors (Lipinski definition) is 4. The Morgan fingerprint density at radius 1 is 1.17 bits per heavy atom. The number of likely N-dealkylation sites (N-methyl/N-ethyl adjacent to an activating group) is 1. The molecule has 1 N–H and O–H groups in total. The van der Waals surface area contributed by atoms with Gasteiger partial charge in [-0.05, 0) is 41.3 Å². The molecule has 2 aromatic carbocycles. The molecule has 0 aromatic heterocycles. The molecule has 2 aliphatic heterocycles. The maximum Gasteiger partial charge on any atom is 0.334 e. The molecule has 2 aliphatic rings. The van der Waals surface area contributed by atoms with Crippen LogP contribution < -0.4 is 5.32 Å². The number of urea groups is 1. The van der Waals surface area contributed by atoms with Gasteiger partial charge in [0.05, 0.1) is 13.1 Å². The topological polar surface area (TPSA) is 76.2 Å². The van der Waals surface area contributed by atoms with E-state index in [1.165, 1.54) is 17.1 Å². The van der Waals surface area contributed by atoms with E-state index in [-0.39, 0.29) is 43.2 Å². The van der Waals surface area contributed by atoms with Crippen molar-refractivity contribution in [3.05, 3.63) is 70.5 Å². The van der Waals surface area contributed by atoms with E-state index in [1.807, 2.05) is 32.0 Å². The highest BCUT2D eigenvalue weighted by Crippen LogP contribution is 2.31. The maximum absolute atomic E-state index is 13.6. The van der Waals surface area contributed by atoms with Crippen molar-refractivity contribution in [2.45, 2.75) is 45.6 Å². The van der Waals surface area contributed by atoms with Crippen LogP contribution in [0.1, 0.15) is 31.4 Å². The van der Waals surface area contributed by atoms with Gasteiger partial charge in [-0.15, -0.1) is 0 Å². The van der Waals surface area contributed by atoms with E-state index in [0.29, 0.717) is 18.0 Å². The fourth-order valence-electron chi connectivity index (χ4n) is 4.85. The Hall–Kier alpha value is -3.17. The molecule has 0 radical (unpaired) electrons. The number of piperazine rings is 1. The first-order chi connectivity index (χ1) is 17.2. The summed E-state index contributed by atoms with van der Waals surface area (Å²) in [4.78, 5) is 43.5. The van der Waals surface area contributed by atoms with Crippen LogP contribution in [-0.2, 0) is 22.7 Å². The SMILES string of the molecule is CCC(C)[C@H]1C(=O)N(Cc2cccc(Cl)c2)C[C@H]2N1C(=O)CN(C)N2C(=O)NCc1ccc(F)cc1. The Kier molecular flexibility index (Phi) is 7.80. The first kappa shape index (κ1) is 25.9. The summed E-state index contributed by atoms with van der Waals surface area (Å²) in [5.41, 5.74) is 1.62. The third-order valence-corrected chi connectivity index (χ3v) is 7.12. The molecule has 0 spiro atoms. The summed E-state index contributed by atoms with van der Waals surface area (Å²) in [5.74, 6) is -0.771. The number of hydrogen-bond donors (Lipinski definition) is 1. The number of carbonyl (C=O) groups is 3. The molecule has 2 heterocycles. The number of benzene rings is 2. The summed E-state index contributed by atoms with van der Waals surface area (Å²) in [6, 6.07) is 12.1. The number of rotatable bonds is 6. The molecule has 36 heavy (non-hydrogen) atoms. The Morgan fingerprint density at radius 2 is 1.89 bits per heavy atom. The van der Waals surface area contributed by atoms with Crippen molar-refractivity contribution in [2.24, 2.45) is 5.92 Å². The third-order valence-electron chi connectivity index (χ3n) is 6.88. The van der Waals surface area contributed by atoms with E-state index in [0.717, 1.165) is 11.1 Å². The van der Waals surface area contributed by atoms with Gasteiger partial charge in [-0.2, -0.15) is 0 Å². The predicted molar refractivity (Wildman–Crippen MR) is 134 cm³/mol. The van der Waals surface area contributed by atoms with E-state index < -0.39 is 18.2 Å². The highest BCUT2D eigenvalue weighted by atomic mass is 35.5. The van der Waals surface area contributed by atoms with Crippen molar-refractivity contribution < 1.29 is 18.8 Å². The molecule has 10 heteroatoms. The van der Waals surface area contributed by atoms with Gasteiger partial charge in [0.25, 0.3) is 0 Å². The van der Waals surface area contributed by atoms with Gasteiger partial charge < -0.3 is 15.1 Å². The minimum absolute atomic E-state index is 0.0189. The van der Waals surface area contributed by atoms with Crippen molar-refractivity contribution in [3.63, 3.8) is 0 Å². The molecule has 0 saturated carbocycles. The van der Waals surface area contributed by atoms with Crippen LogP contribution in [0, 0.1) is 11.7 Å². The number of amides is 4. The van der Waals surface area contributed by atoms with E-state index >= 15 is 0 Å². The van der Waals surface area contributed by atoms with Crippen LogP contribution in [-0.4, -0.2) is 70.0 Å². The zero-order valence-corrected chi connectivity index (χ0v) is 21.4. The van der Waals surface area contributed by atoms with Gasteiger partial charge in [-0.1, -0.05) is 56.1 Å². The largest absolute Gasteiger partial charge is 0.334 e. The normalized spacial score (nSPS) is 21.4. The Balaban J connectivity index is 1.62. The average molecular weight is 516 g/mol. The summed E-state index contributed by atoms with van der Waals surface area (Å²) in [5, 5.41) is 6.55. The number of halogens is 2. The minimum Gasteiger partial charge on any atom is -0.333 e. The summed E-state index contributed by atoms with van der Waals surface area (Å²) in [6.45, 7) is 4.60. The van der Waals surface area contributed by atoms with Crippen LogP contribution in [0.2, 0.25) is 5.02 Å². The molecule has 2 saturated heterocycles. The molecule has 8 nitrogen and oxygen atoms in total. The zero-order chi connectivity index (χ0) is 26.0. The number of nitrogens with zero attached hydrogens (tertiary/aromatic N) is 4. The van der Waals surface area contributed by atoms with Gasteiger partial charge in [-0.25, -0.2) is 19.2 Å². The molecular formula is C26H31ClFN5O3. The number of carbonyl (C=O) groups excluding carboxylic acids is 3. The van der Waals surface area contributed by atoms with Gasteiger partial charge in [-0.3, -0.25) is 9.59 Å². The van der Waals surface area contributed by atoms with Crippen molar-refractivity contribution >= 4 is 29.4 Å². The summed E-state index contributed by atoms with van der Waals surface area (Å²) < 4.78 is 13.2. The zero-order valence-electron chi connectivity index (χ0n) is 20.7. The van der Waals surface area contributed by atoms with Crippen LogP contribution in [0.15, 0.2) is 48.5 Å². The number of fused-ring (bicyclic) bond motifs is 1. The van der Waals surface area contributed by atoms with E-state index in [9.17, 15) is 18.8 Å².